The second-order valence-electron chi connectivity index (χ2n) is 2.25. The van der Waals surface area contributed by atoms with E-state index in [2.05, 4.69) is 14.7 Å². The maximum Gasteiger partial charge on any atom is 0.413 e. The molecule has 1 N–H and O–H groups in total. The van der Waals surface area contributed by atoms with E-state index in [-0.39, 0.29) is 6.61 Å². The molecule has 7 nitrogen and oxygen atoms in total. The summed E-state index contributed by atoms with van der Waals surface area (Å²) in [5.41, 5.74) is 0. The molecule has 1 unspecified atom stereocenters. The molecular weight excluding hydrogens is 202 g/mol. The molecule has 7 heteroatoms. The Kier molecular flexibility index (Phi) is 6.29. The molecule has 0 spiro atoms. The number of rotatable bonds is 4. The number of hydrogen-bond acceptors (Lipinski definition) is 6. The predicted molar refractivity (Wildman–Crippen MR) is 49.8 cm³/mol. The van der Waals surface area contributed by atoms with Gasteiger partial charge in [0.2, 0.25) is 0 Å². The van der Waals surface area contributed by atoms with Crippen LogP contribution in [0.4, 0.5) is 4.79 Å². The fourth-order valence-electron chi connectivity index (χ4n) is 0.627. The zero-order valence-corrected chi connectivity index (χ0v) is 8.39. The van der Waals surface area contributed by atoms with E-state index in [0.717, 1.165) is 6.21 Å². The van der Waals surface area contributed by atoms with E-state index in [1.54, 1.807) is 13.0 Å². The van der Waals surface area contributed by atoms with Crippen LogP contribution in [0, 0.1) is 17.2 Å². The van der Waals surface area contributed by atoms with Crippen molar-refractivity contribution >= 4 is 18.2 Å². The highest BCUT2D eigenvalue weighted by Crippen LogP contribution is 1.91. The van der Waals surface area contributed by atoms with Gasteiger partial charge >= 0.3 is 6.09 Å². The molecule has 0 aromatic heterocycles. The van der Waals surface area contributed by atoms with Crippen molar-refractivity contribution in [3.05, 3.63) is 0 Å². The largest absolute Gasteiger partial charge is 0.450 e. The Morgan fingerprint density at radius 2 is 2.33 bits per heavy atom. The van der Waals surface area contributed by atoms with Crippen LogP contribution in [-0.4, -0.2) is 31.9 Å². The molecular formula is C8H11N3O4. The molecule has 1 atom stereocenters. The van der Waals surface area contributed by atoms with Crippen LogP contribution in [0.3, 0.4) is 0 Å². The lowest BCUT2D eigenvalue weighted by Gasteiger charge is -2.04. The van der Waals surface area contributed by atoms with Gasteiger partial charge in [0.15, 0.2) is 5.92 Å². The van der Waals surface area contributed by atoms with Crippen LogP contribution in [0.25, 0.3) is 0 Å². The third kappa shape index (κ3) is 5.25. The molecule has 0 fully saturated rings. The van der Waals surface area contributed by atoms with Crippen molar-refractivity contribution in [2.75, 3.05) is 13.7 Å². The number of hydrogen-bond donors (Lipinski definition) is 1. The van der Waals surface area contributed by atoms with Crippen LogP contribution in [-0.2, 0) is 14.4 Å². The predicted octanol–water partition coefficient (Wildman–Crippen LogP) is 0.0311. The normalized spacial score (nSPS) is 11.5. The summed E-state index contributed by atoms with van der Waals surface area (Å²) in [6, 6.07) is 1.63. The third-order valence-electron chi connectivity index (χ3n) is 1.24. The van der Waals surface area contributed by atoms with Gasteiger partial charge in [-0.2, -0.15) is 5.26 Å². The summed E-state index contributed by atoms with van der Waals surface area (Å²) in [5, 5.41) is 13.7. The number of carbonyl (C=O) groups is 2. The van der Waals surface area contributed by atoms with Gasteiger partial charge in [-0.05, 0) is 6.92 Å². The Morgan fingerprint density at radius 1 is 1.67 bits per heavy atom. The summed E-state index contributed by atoms with van der Waals surface area (Å²) in [4.78, 5) is 26.3. The van der Waals surface area contributed by atoms with Crippen LogP contribution in [0.5, 0.6) is 0 Å². The van der Waals surface area contributed by atoms with Crippen molar-refractivity contribution in [1.82, 2.24) is 5.32 Å². The summed E-state index contributed by atoms with van der Waals surface area (Å²) in [6.45, 7) is 1.74. The van der Waals surface area contributed by atoms with E-state index in [1.165, 1.54) is 7.11 Å². The summed E-state index contributed by atoms with van der Waals surface area (Å²) in [5.74, 6) is -1.99. The molecule has 0 aromatic rings. The monoisotopic (exact) mass is 213 g/mol. The maximum atomic E-state index is 11.2. The quantitative estimate of drug-likeness (QED) is 0.524. The van der Waals surface area contributed by atoms with Crippen LogP contribution < -0.4 is 5.32 Å². The second-order valence-corrected chi connectivity index (χ2v) is 2.25. The SMILES string of the molecule is CCOC(=O)NC(=O)C(C#N)C=NOC. The van der Waals surface area contributed by atoms with Crippen molar-refractivity contribution in [3.63, 3.8) is 0 Å². The van der Waals surface area contributed by atoms with E-state index >= 15 is 0 Å². The molecule has 0 aliphatic heterocycles. The van der Waals surface area contributed by atoms with Crippen LogP contribution >= 0.6 is 0 Å². The molecule has 0 radical (unpaired) electrons. The van der Waals surface area contributed by atoms with E-state index in [9.17, 15) is 9.59 Å². The summed E-state index contributed by atoms with van der Waals surface area (Å²) < 4.78 is 4.46. The van der Waals surface area contributed by atoms with Crippen LogP contribution in [0.15, 0.2) is 5.16 Å². The molecule has 0 saturated heterocycles. The fourth-order valence-corrected chi connectivity index (χ4v) is 0.627. The first-order valence-corrected chi connectivity index (χ1v) is 4.09. The minimum absolute atomic E-state index is 0.141. The van der Waals surface area contributed by atoms with Gasteiger partial charge < -0.3 is 9.57 Å². The van der Waals surface area contributed by atoms with Crippen molar-refractivity contribution in [2.45, 2.75) is 6.92 Å². The highest BCUT2D eigenvalue weighted by molar-refractivity contribution is 6.02. The number of amides is 2. The fraction of sp³-hybridized carbons (Fsp3) is 0.500. The van der Waals surface area contributed by atoms with Gasteiger partial charge in [-0.25, -0.2) is 4.79 Å². The molecule has 0 aliphatic rings. The van der Waals surface area contributed by atoms with Crippen molar-refractivity contribution < 1.29 is 19.2 Å². The molecule has 0 aliphatic carbocycles. The van der Waals surface area contributed by atoms with Gasteiger partial charge in [0, 0.05) is 0 Å². The maximum absolute atomic E-state index is 11.2. The highest BCUT2D eigenvalue weighted by atomic mass is 16.6. The minimum Gasteiger partial charge on any atom is -0.450 e. The van der Waals surface area contributed by atoms with Gasteiger partial charge in [-0.3, -0.25) is 10.1 Å². The first-order valence-electron chi connectivity index (χ1n) is 4.09. The average molecular weight is 213 g/mol. The molecule has 0 rings (SSSR count). The summed E-state index contributed by atoms with van der Waals surface area (Å²) in [7, 11) is 1.27. The van der Waals surface area contributed by atoms with E-state index in [0.29, 0.717) is 0 Å². The second kappa shape index (κ2) is 7.32. The lowest BCUT2D eigenvalue weighted by atomic mass is 10.2. The van der Waals surface area contributed by atoms with Crippen molar-refractivity contribution in [3.8, 4) is 6.07 Å². The Hall–Kier alpha value is -2.10. The number of alkyl carbamates (subject to hydrolysis) is 1. The molecule has 2 amide bonds. The number of nitriles is 1. The lowest BCUT2D eigenvalue weighted by molar-refractivity contribution is -0.121. The molecule has 0 saturated carbocycles. The Labute approximate surface area is 86.6 Å². The number of ether oxygens (including phenoxy) is 1. The number of oxime groups is 1. The summed E-state index contributed by atoms with van der Waals surface area (Å²) >= 11 is 0. The Balaban J connectivity index is 4.23. The Bertz CT molecular complexity index is 295. The zero-order chi connectivity index (χ0) is 11.7. The number of imide groups is 1. The first kappa shape index (κ1) is 12.9. The van der Waals surface area contributed by atoms with Crippen LogP contribution in [0.1, 0.15) is 6.92 Å². The lowest BCUT2D eigenvalue weighted by Crippen LogP contribution is -2.36. The van der Waals surface area contributed by atoms with Crippen LogP contribution in [0.2, 0.25) is 0 Å². The van der Waals surface area contributed by atoms with Gasteiger partial charge in [0.25, 0.3) is 5.91 Å². The van der Waals surface area contributed by atoms with Crippen molar-refractivity contribution in [1.29, 1.82) is 5.26 Å². The smallest absolute Gasteiger partial charge is 0.413 e. The van der Waals surface area contributed by atoms with Gasteiger partial charge in [-0.15, -0.1) is 0 Å². The molecule has 82 valence electrons. The number of nitrogens with one attached hydrogen (secondary N) is 1. The first-order chi connectivity index (χ1) is 7.15. The third-order valence-corrected chi connectivity index (χ3v) is 1.24. The Morgan fingerprint density at radius 3 is 2.80 bits per heavy atom. The highest BCUT2D eigenvalue weighted by Gasteiger charge is 2.18. The standard InChI is InChI=1S/C8H11N3O4/c1-3-15-8(13)11-7(12)6(4-9)5-10-14-2/h5-6H,3H2,1-2H3,(H,11,12,13). The van der Waals surface area contributed by atoms with Crippen molar-refractivity contribution in [2.24, 2.45) is 11.1 Å². The molecule has 0 aromatic carbocycles. The van der Waals surface area contributed by atoms with E-state index in [4.69, 9.17) is 5.26 Å². The van der Waals surface area contributed by atoms with Gasteiger partial charge in [0.05, 0.1) is 18.9 Å². The average Bonchev–Trinajstić information content (AvgIpc) is 2.19. The van der Waals surface area contributed by atoms with E-state index < -0.39 is 17.9 Å². The number of nitrogens with zero attached hydrogens (tertiary/aromatic N) is 2. The molecule has 0 bridgehead atoms. The zero-order valence-electron chi connectivity index (χ0n) is 8.39. The van der Waals surface area contributed by atoms with Gasteiger partial charge in [0.1, 0.15) is 7.11 Å². The van der Waals surface area contributed by atoms with Gasteiger partial charge in [-0.1, -0.05) is 5.16 Å². The summed E-state index contributed by atoms with van der Waals surface area (Å²) in [6.07, 6.45) is 0.0859. The topological polar surface area (TPSA) is 101 Å². The number of carbonyl (C=O) groups excluding carboxylic acids is 2. The molecule has 0 heterocycles. The van der Waals surface area contributed by atoms with E-state index in [1.807, 2.05) is 5.32 Å². The molecule has 15 heavy (non-hydrogen) atoms. The minimum atomic E-state index is -1.19.